The Balaban J connectivity index is 2.58. The summed E-state index contributed by atoms with van der Waals surface area (Å²) in [5.41, 5.74) is 7.87. The Labute approximate surface area is 73.8 Å². The average molecular weight is 164 g/mol. The molecule has 12 heavy (non-hydrogen) atoms. The fourth-order valence-electron chi connectivity index (χ4n) is 1.06. The highest BCUT2D eigenvalue weighted by Gasteiger charge is 2.01. The first kappa shape index (κ1) is 9.20. The van der Waals surface area contributed by atoms with E-state index in [-0.39, 0.29) is 0 Å². The predicted molar refractivity (Wildman–Crippen MR) is 50.9 cm³/mol. The van der Waals surface area contributed by atoms with Crippen LogP contribution >= 0.6 is 0 Å². The molecule has 1 aromatic heterocycles. The van der Waals surface area contributed by atoms with Crippen LogP contribution in [0, 0.1) is 12.8 Å². The van der Waals surface area contributed by atoms with E-state index in [1.54, 1.807) is 0 Å². The van der Waals surface area contributed by atoms with Crippen molar-refractivity contribution in [3.05, 3.63) is 29.6 Å². The molecule has 0 aromatic carbocycles. The van der Waals surface area contributed by atoms with Crippen LogP contribution in [0.25, 0.3) is 0 Å². The topological polar surface area (TPSA) is 38.9 Å². The van der Waals surface area contributed by atoms with Crippen molar-refractivity contribution in [1.29, 1.82) is 0 Å². The van der Waals surface area contributed by atoms with Gasteiger partial charge in [-0.1, -0.05) is 13.0 Å². The first-order valence-corrected chi connectivity index (χ1v) is 4.34. The third-order valence-corrected chi connectivity index (χ3v) is 1.93. The lowest BCUT2D eigenvalue weighted by Crippen LogP contribution is -2.13. The normalized spacial score (nSPS) is 12.9. The monoisotopic (exact) mass is 164 g/mol. The zero-order valence-electron chi connectivity index (χ0n) is 7.75. The Morgan fingerprint density at radius 3 is 2.75 bits per heavy atom. The Hall–Kier alpha value is -0.890. The fraction of sp³-hybridized carbons (Fsp3) is 0.500. The van der Waals surface area contributed by atoms with E-state index in [2.05, 4.69) is 24.0 Å². The van der Waals surface area contributed by atoms with Gasteiger partial charge in [0.2, 0.25) is 0 Å². The summed E-state index contributed by atoms with van der Waals surface area (Å²) in [6.45, 7) is 4.92. The lowest BCUT2D eigenvalue weighted by Gasteiger charge is -2.06. The molecule has 1 aromatic rings. The van der Waals surface area contributed by atoms with Gasteiger partial charge in [0, 0.05) is 11.9 Å². The van der Waals surface area contributed by atoms with Gasteiger partial charge in [-0.3, -0.25) is 4.98 Å². The number of hydrogen-bond acceptors (Lipinski definition) is 2. The van der Waals surface area contributed by atoms with Gasteiger partial charge in [0.1, 0.15) is 0 Å². The summed E-state index contributed by atoms with van der Waals surface area (Å²) in [6.07, 6.45) is 2.88. The Bertz CT molecular complexity index is 228. The van der Waals surface area contributed by atoms with Crippen molar-refractivity contribution in [3.63, 3.8) is 0 Å². The summed E-state index contributed by atoms with van der Waals surface area (Å²) in [7, 11) is 0. The molecule has 0 radical (unpaired) electrons. The molecule has 0 aliphatic carbocycles. The van der Waals surface area contributed by atoms with Crippen molar-refractivity contribution < 1.29 is 0 Å². The van der Waals surface area contributed by atoms with Crippen LogP contribution in [0.15, 0.2) is 18.3 Å². The number of aromatic nitrogens is 1. The summed E-state index contributed by atoms with van der Waals surface area (Å²) < 4.78 is 0. The van der Waals surface area contributed by atoms with E-state index in [0.717, 1.165) is 18.7 Å². The van der Waals surface area contributed by atoms with Crippen LogP contribution in [0.2, 0.25) is 0 Å². The summed E-state index contributed by atoms with van der Waals surface area (Å²) in [4.78, 5) is 4.31. The molecule has 0 saturated heterocycles. The first-order chi connectivity index (χ1) is 5.72. The van der Waals surface area contributed by atoms with Crippen molar-refractivity contribution in [3.8, 4) is 0 Å². The lowest BCUT2D eigenvalue weighted by atomic mass is 10.1. The molecule has 1 unspecified atom stereocenters. The third kappa shape index (κ3) is 2.62. The molecule has 0 bridgehead atoms. The lowest BCUT2D eigenvalue weighted by molar-refractivity contribution is 0.584. The Kier molecular flexibility index (Phi) is 3.23. The summed E-state index contributed by atoms with van der Waals surface area (Å²) in [5.74, 6) is 0.528. The molecule has 0 aliphatic heterocycles. The minimum absolute atomic E-state index is 0.528. The van der Waals surface area contributed by atoms with Gasteiger partial charge in [-0.25, -0.2) is 0 Å². The maximum atomic E-state index is 5.52. The molecule has 1 heterocycles. The molecule has 66 valence electrons. The quantitative estimate of drug-likeness (QED) is 0.735. The first-order valence-electron chi connectivity index (χ1n) is 4.34. The molecule has 2 N–H and O–H groups in total. The van der Waals surface area contributed by atoms with Gasteiger partial charge in [-0.2, -0.15) is 0 Å². The molecule has 2 heteroatoms. The standard InChI is InChI=1S/C10H16N2/c1-8-3-4-10(12-7-8)5-9(2)6-11/h3-4,7,9H,5-6,11H2,1-2H3. The highest BCUT2D eigenvalue weighted by Crippen LogP contribution is 2.05. The van der Waals surface area contributed by atoms with Gasteiger partial charge in [0.05, 0.1) is 0 Å². The number of aryl methyl sites for hydroxylation is 1. The van der Waals surface area contributed by atoms with Gasteiger partial charge in [0.15, 0.2) is 0 Å². The molecule has 2 nitrogen and oxygen atoms in total. The van der Waals surface area contributed by atoms with Crippen LogP contribution in [0.3, 0.4) is 0 Å². The number of nitrogens with zero attached hydrogens (tertiary/aromatic N) is 1. The number of nitrogens with two attached hydrogens (primary N) is 1. The summed E-state index contributed by atoms with van der Waals surface area (Å²) in [6, 6.07) is 4.16. The minimum Gasteiger partial charge on any atom is -0.330 e. The largest absolute Gasteiger partial charge is 0.330 e. The zero-order valence-corrected chi connectivity index (χ0v) is 7.75. The Morgan fingerprint density at radius 2 is 2.25 bits per heavy atom. The maximum Gasteiger partial charge on any atom is 0.0406 e. The van der Waals surface area contributed by atoms with E-state index < -0.39 is 0 Å². The highest BCUT2D eigenvalue weighted by molar-refractivity contribution is 5.12. The minimum atomic E-state index is 0.528. The predicted octanol–water partition coefficient (Wildman–Crippen LogP) is 1.53. The zero-order chi connectivity index (χ0) is 8.97. The van der Waals surface area contributed by atoms with E-state index >= 15 is 0 Å². The van der Waals surface area contributed by atoms with Gasteiger partial charge < -0.3 is 5.73 Å². The highest BCUT2D eigenvalue weighted by atomic mass is 14.7. The smallest absolute Gasteiger partial charge is 0.0406 e. The van der Waals surface area contributed by atoms with Crippen molar-refractivity contribution in [2.75, 3.05) is 6.54 Å². The van der Waals surface area contributed by atoms with E-state index in [0.29, 0.717) is 5.92 Å². The second kappa shape index (κ2) is 4.21. The van der Waals surface area contributed by atoms with Gasteiger partial charge in [-0.15, -0.1) is 0 Å². The molecular weight excluding hydrogens is 148 g/mol. The molecule has 0 aliphatic rings. The van der Waals surface area contributed by atoms with Gasteiger partial charge in [0.25, 0.3) is 0 Å². The number of rotatable bonds is 3. The molecule has 1 atom stereocenters. The van der Waals surface area contributed by atoms with Gasteiger partial charge in [-0.05, 0) is 37.4 Å². The van der Waals surface area contributed by atoms with Crippen LogP contribution < -0.4 is 5.73 Å². The van der Waals surface area contributed by atoms with E-state index in [4.69, 9.17) is 5.73 Å². The average Bonchev–Trinajstić information content (AvgIpc) is 2.09. The molecule has 1 rings (SSSR count). The van der Waals surface area contributed by atoms with E-state index in [9.17, 15) is 0 Å². The molecule has 0 saturated carbocycles. The summed E-state index contributed by atoms with van der Waals surface area (Å²) >= 11 is 0. The summed E-state index contributed by atoms with van der Waals surface area (Å²) in [5, 5.41) is 0. The van der Waals surface area contributed by atoms with Crippen LogP contribution in [-0.4, -0.2) is 11.5 Å². The van der Waals surface area contributed by atoms with Gasteiger partial charge >= 0.3 is 0 Å². The molecule has 0 fully saturated rings. The molecular formula is C10H16N2. The fourth-order valence-corrected chi connectivity index (χ4v) is 1.06. The van der Waals surface area contributed by atoms with Crippen molar-refractivity contribution in [2.45, 2.75) is 20.3 Å². The van der Waals surface area contributed by atoms with Crippen LogP contribution in [-0.2, 0) is 6.42 Å². The Morgan fingerprint density at radius 1 is 1.50 bits per heavy atom. The van der Waals surface area contributed by atoms with Crippen molar-refractivity contribution in [2.24, 2.45) is 11.7 Å². The molecule has 0 amide bonds. The van der Waals surface area contributed by atoms with Crippen molar-refractivity contribution >= 4 is 0 Å². The second-order valence-corrected chi connectivity index (χ2v) is 3.37. The molecule has 0 spiro atoms. The van der Waals surface area contributed by atoms with Crippen molar-refractivity contribution in [1.82, 2.24) is 4.98 Å². The van der Waals surface area contributed by atoms with Crippen LogP contribution in [0.1, 0.15) is 18.2 Å². The van der Waals surface area contributed by atoms with E-state index in [1.165, 1.54) is 5.56 Å². The number of hydrogen-bond donors (Lipinski definition) is 1. The van der Waals surface area contributed by atoms with Crippen LogP contribution in [0.4, 0.5) is 0 Å². The van der Waals surface area contributed by atoms with Crippen LogP contribution in [0.5, 0.6) is 0 Å². The number of pyridine rings is 1. The van der Waals surface area contributed by atoms with E-state index in [1.807, 2.05) is 13.1 Å². The second-order valence-electron chi connectivity index (χ2n) is 3.37. The SMILES string of the molecule is Cc1ccc(CC(C)CN)nc1. The third-order valence-electron chi connectivity index (χ3n) is 1.93. The maximum absolute atomic E-state index is 5.52.